The van der Waals surface area contributed by atoms with Crippen LogP contribution in [0.3, 0.4) is 0 Å². The minimum atomic E-state index is -0.829. The number of aromatic hydroxyl groups is 1. The summed E-state index contributed by atoms with van der Waals surface area (Å²) in [6, 6.07) is 4.69. The fourth-order valence-electron chi connectivity index (χ4n) is 3.83. The number of aliphatic hydroxyl groups excluding tert-OH is 2. The SMILES string of the molecule is C=CC(C)(CC/C=C(\C)CCCC(C)C(O)[C@@H](O)C=C(C)C)Oc1ccc(O)cc1CC(=O)OC. The molecule has 0 aliphatic carbocycles. The molecule has 3 N–H and O–H groups in total. The number of carbonyl (C=O) groups is 1. The molecule has 0 aliphatic rings. The Morgan fingerprint density at radius 1 is 1.23 bits per heavy atom. The lowest BCUT2D eigenvalue weighted by Crippen LogP contribution is -2.30. The normalized spacial score (nSPS) is 15.9. The maximum Gasteiger partial charge on any atom is 0.310 e. The number of aliphatic hydroxyl groups is 2. The molecule has 3 unspecified atom stereocenters. The third-order valence-electron chi connectivity index (χ3n) is 6.18. The number of phenols is 1. The first-order chi connectivity index (χ1) is 16.4. The number of esters is 1. The van der Waals surface area contributed by atoms with E-state index in [1.54, 1.807) is 18.2 Å². The summed E-state index contributed by atoms with van der Waals surface area (Å²) in [7, 11) is 1.32. The summed E-state index contributed by atoms with van der Waals surface area (Å²) in [6.07, 6.45) is 8.22. The summed E-state index contributed by atoms with van der Waals surface area (Å²) in [6.45, 7) is 13.8. The molecule has 0 heterocycles. The predicted molar refractivity (Wildman–Crippen MR) is 141 cm³/mol. The van der Waals surface area contributed by atoms with Gasteiger partial charge in [0.1, 0.15) is 17.1 Å². The van der Waals surface area contributed by atoms with Gasteiger partial charge in [0, 0.05) is 5.56 Å². The lowest BCUT2D eigenvalue weighted by Gasteiger charge is -2.28. The van der Waals surface area contributed by atoms with Gasteiger partial charge in [0.25, 0.3) is 0 Å². The Morgan fingerprint density at radius 3 is 2.51 bits per heavy atom. The molecule has 35 heavy (non-hydrogen) atoms. The average molecular weight is 489 g/mol. The van der Waals surface area contributed by atoms with Crippen molar-refractivity contribution in [2.75, 3.05) is 7.11 Å². The molecule has 0 bridgehead atoms. The van der Waals surface area contributed by atoms with E-state index in [9.17, 15) is 20.1 Å². The zero-order valence-corrected chi connectivity index (χ0v) is 22.2. The molecule has 1 rings (SSSR count). The molecule has 1 aromatic carbocycles. The van der Waals surface area contributed by atoms with Gasteiger partial charge in [-0.1, -0.05) is 36.8 Å². The summed E-state index contributed by atoms with van der Waals surface area (Å²) >= 11 is 0. The number of methoxy groups -OCH3 is 1. The Bertz CT molecular complexity index is 883. The molecule has 0 amide bonds. The van der Waals surface area contributed by atoms with Gasteiger partial charge in [-0.05, 0) is 90.0 Å². The first kappa shape index (κ1) is 30.5. The Balaban J connectivity index is 2.64. The van der Waals surface area contributed by atoms with Crippen LogP contribution in [0, 0.1) is 5.92 Å². The van der Waals surface area contributed by atoms with Gasteiger partial charge in [-0.2, -0.15) is 0 Å². The zero-order valence-electron chi connectivity index (χ0n) is 22.2. The molecule has 0 aromatic heterocycles. The second-order valence-corrected chi connectivity index (χ2v) is 9.85. The van der Waals surface area contributed by atoms with Gasteiger partial charge in [-0.3, -0.25) is 4.79 Å². The predicted octanol–water partition coefficient (Wildman–Crippen LogP) is 5.65. The van der Waals surface area contributed by atoms with Gasteiger partial charge < -0.3 is 24.8 Å². The largest absolute Gasteiger partial charge is 0.508 e. The van der Waals surface area contributed by atoms with Crippen LogP contribution in [0.2, 0.25) is 0 Å². The molecule has 0 saturated carbocycles. The van der Waals surface area contributed by atoms with Crippen molar-refractivity contribution in [1.82, 2.24) is 0 Å². The van der Waals surface area contributed by atoms with Crippen molar-refractivity contribution in [3.63, 3.8) is 0 Å². The fourth-order valence-corrected chi connectivity index (χ4v) is 3.83. The number of carbonyl (C=O) groups excluding carboxylic acids is 1. The molecular formula is C29H44O6. The van der Waals surface area contributed by atoms with Crippen molar-refractivity contribution >= 4 is 5.97 Å². The summed E-state index contributed by atoms with van der Waals surface area (Å²) in [5.74, 6) is 0.172. The van der Waals surface area contributed by atoms with E-state index in [0.717, 1.165) is 31.3 Å². The highest BCUT2D eigenvalue weighted by Crippen LogP contribution is 2.30. The van der Waals surface area contributed by atoms with Crippen LogP contribution in [-0.4, -0.2) is 46.2 Å². The van der Waals surface area contributed by atoms with E-state index >= 15 is 0 Å². The minimum Gasteiger partial charge on any atom is -0.508 e. The molecule has 0 fully saturated rings. The number of hydrogen-bond donors (Lipinski definition) is 3. The first-order valence-corrected chi connectivity index (χ1v) is 12.3. The van der Waals surface area contributed by atoms with Crippen LogP contribution in [0.1, 0.15) is 72.3 Å². The van der Waals surface area contributed by atoms with E-state index in [0.29, 0.717) is 17.7 Å². The molecule has 0 radical (unpaired) electrons. The number of benzene rings is 1. The van der Waals surface area contributed by atoms with E-state index in [4.69, 9.17) is 9.47 Å². The minimum absolute atomic E-state index is 0.00491. The van der Waals surface area contributed by atoms with E-state index in [1.165, 1.54) is 24.8 Å². The van der Waals surface area contributed by atoms with Crippen LogP contribution in [0.5, 0.6) is 11.5 Å². The number of rotatable bonds is 15. The lowest BCUT2D eigenvalue weighted by atomic mass is 9.92. The molecular weight excluding hydrogens is 444 g/mol. The average Bonchev–Trinajstić information content (AvgIpc) is 2.79. The van der Waals surface area contributed by atoms with Crippen LogP contribution in [-0.2, 0) is 16.0 Å². The van der Waals surface area contributed by atoms with Crippen molar-refractivity contribution in [2.24, 2.45) is 5.92 Å². The van der Waals surface area contributed by atoms with E-state index < -0.39 is 23.8 Å². The van der Waals surface area contributed by atoms with Gasteiger partial charge in [-0.15, -0.1) is 0 Å². The van der Waals surface area contributed by atoms with Crippen molar-refractivity contribution in [3.8, 4) is 11.5 Å². The van der Waals surface area contributed by atoms with Crippen molar-refractivity contribution < 1.29 is 29.6 Å². The van der Waals surface area contributed by atoms with Crippen LogP contribution in [0.15, 0.2) is 54.2 Å². The van der Waals surface area contributed by atoms with Crippen molar-refractivity contribution in [3.05, 3.63) is 59.7 Å². The molecule has 1 aromatic rings. The smallest absolute Gasteiger partial charge is 0.310 e. The van der Waals surface area contributed by atoms with Crippen LogP contribution >= 0.6 is 0 Å². The van der Waals surface area contributed by atoms with E-state index in [-0.39, 0.29) is 18.1 Å². The maximum absolute atomic E-state index is 11.8. The van der Waals surface area contributed by atoms with Gasteiger partial charge in [0.2, 0.25) is 0 Å². The highest BCUT2D eigenvalue weighted by Gasteiger charge is 2.24. The molecule has 196 valence electrons. The number of ether oxygens (including phenoxy) is 2. The Kier molecular flexibility index (Phi) is 12.8. The standard InChI is InChI=1S/C29H44O6/c1-8-29(6,35-26-15-14-24(30)18-23(26)19-27(32)34-7)16-10-12-21(4)11-9-13-22(5)28(33)25(31)17-20(2)3/h8,12,14-15,17-18,22,25,28,30-31,33H,1,9-11,13,16,19H2,2-7H3/b21-12+/t22?,25-,28?,29?/m0/s1. The molecule has 0 spiro atoms. The third-order valence-corrected chi connectivity index (χ3v) is 6.18. The molecule has 4 atom stereocenters. The van der Waals surface area contributed by atoms with E-state index in [2.05, 4.69) is 19.6 Å². The van der Waals surface area contributed by atoms with Crippen LogP contribution in [0.25, 0.3) is 0 Å². The molecule has 6 nitrogen and oxygen atoms in total. The fraction of sp³-hybridized carbons (Fsp3) is 0.552. The summed E-state index contributed by atoms with van der Waals surface area (Å²) in [4.78, 5) is 11.8. The number of hydrogen-bond acceptors (Lipinski definition) is 6. The highest BCUT2D eigenvalue weighted by atomic mass is 16.5. The second-order valence-electron chi connectivity index (χ2n) is 9.85. The highest BCUT2D eigenvalue weighted by molar-refractivity contribution is 5.73. The Labute approximate surface area is 211 Å². The van der Waals surface area contributed by atoms with Gasteiger partial charge in [0.05, 0.1) is 25.7 Å². The Morgan fingerprint density at radius 2 is 1.91 bits per heavy atom. The molecule has 0 aliphatic heterocycles. The van der Waals surface area contributed by atoms with Crippen LogP contribution < -0.4 is 4.74 Å². The quantitative estimate of drug-likeness (QED) is 0.218. The summed E-state index contributed by atoms with van der Waals surface area (Å²) in [5.41, 5.74) is 2.16. The topological polar surface area (TPSA) is 96.2 Å². The monoisotopic (exact) mass is 488 g/mol. The van der Waals surface area contributed by atoms with Gasteiger partial charge >= 0.3 is 5.97 Å². The Hall–Kier alpha value is -2.57. The van der Waals surface area contributed by atoms with Gasteiger partial charge in [0.15, 0.2) is 0 Å². The van der Waals surface area contributed by atoms with Crippen LogP contribution in [0.4, 0.5) is 0 Å². The zero-order chi connectivity index (χ0) is 26.6. The molecule has 0 saturated heterocycles. The maximum atomic E-state index is 11.8. The van der Waals surface area contributed by atoms with Crippen molar-refractivity contribution in [1.29, 1.82) is 0 Å². The number of allylic oxidation sites excluding steroid dienone is 3. The van der Waals surface area contributed by atoms with Gasteiger partial charge in [-0.25, -0.2) is 0 Å². The summed E-state index contributed by atoms with van der Waals surface area (Å²) < 4.78 is 11.0. The molecule has 6 heteroatoms. The number of phenolic OH excluding ortho intramolecular Hbond substituents is 1. The van der Waals surface area contributed by atoms with E-state index in [1.807, 2.05) is 27.7 Å². The third kappa shape index (κ3) is 11.1. The van der Waals surface area contributed by atoms with Crippen molar-refractivity contribution in [2.45, 2.75) is 91.0 Å². The first-order valence-electron chi connectivity index (χ1n) is 12.3. The second kappa shape index (κ2) is 14.7. The lowest BCUT2D eigenvalue weighted by molar-refractivity contribution is -0.139. The summed E-state index contributed by atoms with van der Waals surface area (Å²) in [5, 5.41) is 30.2.